The average molecular weight is 429 g/mol. The molecule has 0 aromatic heterocycles. The summed E-state index contributed by atoms with van der Waals surface area (Å²) in [6.07, 6.45) is 8.33. The first kappa shape index (κ1) is 17.9. The second kappa shape index (κ2) is 6.19. The van der Waals surface area contributed by atoms with E-state index >= 15 is 0 Å². The first-order valence-corrected chi connectivity index (χ1v) is 10.9. The van der Waals surface area contributed by atoms with Crippen LogP contribution in [-0.4, -0.2) is 0 Å². The summed E-state index contributed by atoms with van der Waals surface area (Å²) in [5.74, 6) is 0.432. The Hall–Kier alpha value is -2.12. The zero-order valence-corrected chi connectivity index (χ0v) is 18.5. The number of benzene rings is 2. The molecule has 2 aromatic rings. The summed E-state index contributed by atoms with van der Waals surface area (Å²) >= 11 is 3.65. The van der Waals surface area contributed by atoms with Crippen molar-refractivity contribution in [2.75, 3.05) is 0 Å². The largest absolute Gasteiger partial charge is 0.0619 e. The van der Waals surface area contributed by atoms with Crippen LogP contribution in [0.25, 0.3) is 12.2 Å². The number of hydrogen-bond acceptors (Lipinski definition) is 0. The number of allylic oxidation sites excluding steroid dienone is 6. The minimum absolute atomic E-state index is 0.0103. The summed E-state index contributed by atoms with van der Waals surface area (Å²) in [6, 6.07) is 15.5. The highest BCUT2D eigenvalue weighted by Crippen LogP contribution is 2.54. The van der Waals surface area contributed by atoms with Gasteiger partial charge in [0.15, 0.2) is 0 Å². The van der Waals surface area contributed by atoms with Crippen molar-refractivity contribution in [3.63, 3.8) is 0 Å². The van der Waals surface area contributed by atoms with Gasteiger partial charge in [-0.25, -0.2) is 0 Å². The molecule has 1 unspecified atom stereocenters. The van der Waals surface area contributed by atoms with E-state index in [4.69, 9.17) is 0 Å². The van der Waals surface area contributed by atoms with Crippen molar-refractivity contribution in [1.29, 1.82) is 0 Å². The molecule has 2 aromatic carbocycles. The monoisotopic (exact) mass is 428 g/mol. The lowest BCUT2D eigenvalue weighted by Crippen LogP contribution is -2.21. The maximum atomic E-state index is 3.65. The first-order valence-electron chi connectivity index (χ1n) is 10.1. The SMILES string of the molecule is CC1=C(C(C)(C)C2=Cc3ccccc3C2)C2=Cc3cc(Br)ccc3C(C)C2=C1. The van der Waals surface area contributed by atoms with Crippen molar-refractivity contribution < 1.29 is 0 Å². The fourth-order valence-corrected chi connectivity index (χ4v) is 5.69. The van der Waals surface area contributed by atoms with Crippen LogP contribution < -0.4 is 0 Å². The maximum absolute atomic E-state index is 3.65. The van der Waals surface area contributed by atoms with E-state index in [1.807, 2.05) is 0 Å². The van der Waals surface area contributed by atoms with Gasteiger partial charge in [0.1, 0.15) is 0 Å². The lowest BCUT2D eigenvalue weighted by Gasteiger charge is -2.34. The van der Waals surface area contributed by atoms with E-state index in [9.17, 15) is 0 Å². The molecule has 1 atom stereocenters. The minimum Gasteiger partial charge on any atom is -0.0619 e. The maximum Gasteiger partial charge on any atom is 0.0181 e. The molecular weight excluding hydrogens is 404 g/mol. The van der Waals surface area contributed by atoms with Gasteiger partial charge in [-0.05, 0) is 76.1 Å². The molecule has 0 saturated heterocycles. The van der Waals surface area contributed by atoms with Crippen LogP contribution in [-0.2, 0) is 6.42 Å². The van der Waals surface area contributed by atoms with Crippen LogP contribution in [0.4, 0.5) is 0 Å². The van der Waals surface area contributed by atoms with E-state index in [2.05, 4.69) is 104 Å². The van der Waals surface area contributed by atoms with Gasteiger partial charge < -0.3 is 0 Å². The molecule has 0 N–H and O–H groups in total. The van der Waals surface area contributed by atoms with Crippen LogP contribution >= 0.6 is 15.9 Å². The third kappa shape index (κ3) is 2.56. The lowest BCUT2D eigenvalue weighted by atomic mass is 9.69. The molecule has 5 rings (SSSR count). The van der Waals surface area contributed by atoms with Crippen LogP contribution in [0.5, 0.6) is 0 Å². The van der Waals surface area contributed by atoms with Gasteiger partial charge in [-0.2, -0.15) is 0 Å². The molecule has 140 valence electrons. The van der Waals surface area contributed by atoms with Gasteiger partial charge in [-0.3, -0.25) is 0 Å². The highest BCUT2D eigenvalue weighted by Gasteiger charge is 2.39. The van der Waals surface area contributed by atoms with Gasteiger partial charge in [0, 0.05) is 15.8 Å². The second-order valence-corrected chi connectivity index (χ2v) is 9.80. The Bertz CT molecular complexity index is 1130. The molecule has 28 heavy (non-hydrogen) atoms. The summed E-state index contributed by atoms with van der Waals surface area (Å²) in [5.41, 5.74) is 13.0. The molecule has 3 aliphatic carbocycles. The molecule has 0 radical (unpaired) electrons. The van der Waals surface area contributed by atoms with Crippen molar-refractivity contribution in [3.8, 4) is 0 Å². The van der Waals surface area contributed by atoms with Crippen molar-refractivity contribution in [2.24, 2.45) is 5.41 Å². The molecule has 0 heterocycles. The Morgan fingerprint density at radius 1 is 0.964 bits per heavy atom. The summed E-state index contributed by atoms with van der Waals surface area (Å²) in [6.45, 7) is 9.45. The fourth-order valence-electron chi connectivity index (χ4n) is 5.31. The average Bonchev–Trinajstić information content (AvgIpc) is 3.23. The lowest BCUT2D eigenvalue weighted by molar-refractivity contribution is 0.537. The highest BCUT2D eigenvalue weighted by molar-refractivity contribution is 9.10. The van der Waals surface area contributed by atoms with Crippen LogP contribution in [0.2, 0.25) is 0 Å². The van der Waals surface area contributed by atoms with Crippen LogP contribution in [0, 0.1) is 5.41 Å². The predicted octanol–water partition coefficient (Wildman–Crippen LogP) is 7.87. The summed E-state index contributed by atoms with van der Waals surface area (Å²) < 4.78 is 1.15. The zero-order valence-electron chi connectivity index (χ0n) is 16.9. The predicted molar refractivity (Wildman–Crippen MR) is 123 cm³/mol. The number of halogens is 1. The summed E-state index contributed by atoms with van der Waals surface area (Å²) in [4.78, 5) is 0. The third-order valence-electron chi connectivity index (χ3n) is 6.82. The van der Waals surface area contributed by atoms with Crippen molar-refractivity contribution in [2.45, 2.75) is 40.0 Å². The van der Waals surface area contributed by atoms with E-state index in [-0.39, 0.29) is 5.41 Å². The number of rotatable bonds is 2. The first-order chi connectivity index (χ1) is 13.4. The minimum atomic E-state index is 0.0103. The molecule has 3 aliphatic rings. The summed E-state index contributed by atoms with van der Waals surface area (Å²) in [7, 11) is 0. The Morgan fingerprint density at radius 2 is 1.75 bits per heavy atom. The second-order valence-electron chi connectivity index (χ2n) is 8.88. The quantitative estimate of drug-likeness (QED) is 0.456. The van der Waals surface area contributed by atoms with E-state index in [1.54, 1.807) is 0 Å². The smallest absolute Gasteiger partial charge is 0.0181 e. The number of fused-ring (bicyclic) bond motifs is 3. The van der Waals surface area contributed by atoms with Crippen LogP contribution in [0.3, 0.4) is 0 Å². The molecule has 0 bridgehead atoms. The molecule has 0 fully saturated rings. The Morgan fingerprint density at radius 3 is 2.54 bits per heavy atom. The standard InChI is InChI=1S/C27H25Br/c1-16-11-24-17(2)23-10-9-22(28)14-20(23)15-25(24)26(16)27(3,4)21-12-18-7-5-6-8-19(18)13-21/h5-12,14-15,17H,13H2,1-4H3. The topological polar surface area (TPSA) is 0 Å². The Labute approximate surface area is 176 Å². The molecule has 0 nitrogen and oxygen atoms in total. The van der Waals surface area contributed by atoms with E-state index in [1.165, 1.54) is 50.1 Å². The molecular formula is C27H25Br. The van der Waals surface area contributed by atoms with Gasteiger partial charge in [0.05, 0.1) is 0 Å². The molecule has 1 heteroatoms. The molecule has 0 aliphatic heterocycles. The highest BCUT2D eigenvalue weighted by atomic mass is 79.9. The van der Waals surface area contributed by atoms with Gasteiger partial charge in [-0.1, -0.05) is 84.8 Å². The van der Waals surface area contributed by atoms with E-state index < -0.39 is 0 Å². The fraction of sp³-hybridized carbons (Fsp3) is 0.259. The van der Waals surface area contributed by atoms with Crippen molar-refractivity contribution in [1.82, 2.24) is 0 Å². The van der Waals surface area contributed by atoms with Crippen LogP contribution in [0.15, 0.2) is 80.9 Å². The van der Waals surface area contributed by atoms with Gasteiger partial charge in [-0.15, -0.1) is 0 Å². The van der Waals surface area contributed by atoms with Gasteiger partial charge >= 0.3 is 0 Å². The molecule has 0 spiro atoms. The Kier molecular flexibility index (Phi) is 3.97. The van der Waals surface area contributed by atoms with E-state index in [0.717, 1.165) is 10.9 Å². The van der Waals surface area contributed by atoms with Gasteiger partial charge in [0.25, 0.3) is 0 Å². The molecule has 0 amide bonds. The van der Waals surface area contributed by atoms with Crippen molar-refractivity contribution >= 4 is 28.1 Å². The van der Waals surface area contributed by atoms with E-state index in [0.29, 0.717) is 5.92 Å². The molecule has 0 saturated carbocycles. The summed E-state index contributed by atoms with van der Waals surface area (Å²) in [5, 5.41) is 0. The van der Waals surface area contributed by atoms with Gasteiger partial charge in [0.2, 0.25) is 0 Å². The third-order valence-corrected chi connectivity index (χ3v) is 7.32. The normalized spacial score (nSPS) is 20.3. The van der Waals surface area contributed by atoms with Crippen LogP contribution in [0.1, 0.15) is 55.9 Å². The number of hydrogen-bond donors (Lipinski definition) is 0. The zero-order chi connectivity index (χ0) is 19.6. The Balaban J connectivity index is 1.61. The van der Waals surface area contributed by atoms with Crippen molar-refractivity contribution in [3.05, 3.63) is 103 Å².